The third-order valence-corrected chi connectivity index (χ3v) is 1.83. The van der Waals surface area contributed by atoms with Crippen molar-refractivity contribution >= 4 is 0 Å². The van der Waals surface area contributed by atoms with E-state index < -0.39 is 6.43 Å². The van der Waals surface area contributed by atoms with Gasteiger partial charge >= 0.3 is 0 Å². The van der Waals surface area contributed by atoms with Gasteiger partial charge in [-0.25, -0.2) is 8.78 Å². The molecule has 0 saturated heterocycles. The predicted octanol–water partition coefficient (Wildman–Crippen LogP) is 0.175. The molecule has 2 N–H and O–H groups in total. The van der Waals surface area contributed by atoms with Gasteiger partial charge in [-0.05, 0) is 0 Å². The standard InChI is InChI=1S/C9H20F2N2O2/c1-14-6-7-15-5-4-13(3-2-12)8-9(10)11/h9H,2-8,12H2,1H3. The lowest BCUT2D eigenvalue weighted by atomic mass is 10.4. The van der Waals surface area contributed by atoms with Crippen molar-refractivity contribution in [3.05, 3.63) is 0 Å². The quantitative estimate of drug-likeness (QED) is 0.540. The van der Waals surface area contributed by atoms with Gasteiger partial charge in [-0.1, -0.05) is 0 Å². The van der Waals surface area contributed by atoms with Crippen molar-refractivity contribution in [2.75, 3.05) is 53.1 Å². The van der Waals surface area contributed by atoms with Gasteiger partial charge < -0.3 is 15.2 Å². The first-order chi connectivity index (χ1) is 7.20. The number of hydrogen-bond donors (Lipinski definition) is 1. The maximum absolute atomic E-state index is 12.1. The third-order valence-electron chi connectivity index (χ3n) is 1.83. The van der Waals surface area contributed by atoms with Gasteiger partial charge in [0.2, 0.25) is 0 Å². The maximum atomic E-state index is 12.1. The van der Waals surface area contributed by atoms with Crippen LogP contribution in [0.2, 0.25) is 0 Å². The van der Waals surface area contributed by atoms with Crippen LogP contribution in [0.5, 0.6) is 0 Å². The lowest BCUT2D eigenvalue weighted by molar-refractivity contribution is 0.0405. The molecule has 0 saturated carbocycles. The number of ether oxygens (including phenoxy) is 2. The molecule has 6 heteroatoms. The largest absolute Gasteiger partial charge is 0.382 e. The van der Waals surface area contributed by atoms with Gasteiger partial charge in [0.25, 0.3) is 6.43 Å². The Balaban J connectivity index is 3.47. The average molecular weight is 226 g/mol. The zero-order chi connectivity index (χ0) is 11.5. The molecule has 0 aliphatic carbocycles. The van der Waals surface area contributed by atoms with E-state index in [-0.39, 0.29) is 6.54 Å². The number of nitrogens with two attached hydrogens (primary N) is 1. The number of rotatable bonds is 10. The molecule has 0 aromatic heterocycles. The SMILES string of the molecule is COCCOCCN(CCN)CC(F)F. The van der Waals surface area contributed by atoms with Crippen molar-refractivity contribution in [1.29, 1.82) is 0 Å². The Hall–Kier alpha value is -0.300. The first-order valence-electron chi connectivity index (χ1n) is 4.98. The van der Waals surface area contributed by atoms with Crippen LogP contribution in [0.25, 0.3) is 0 Å². The van der Waals surface area contributed by atoms with Crippen LogP contribution in [0.15, 0.2) is 0 Å². The summed E-state index contributed by atoms with van der Waals surface area (Å²) in [6.07, 6.45) is -2.32. The Labute approximate surface area is 89.3 Å². The zero-order valence-corrected chi connectivity index (χ0v) is 9.12. The van der Waals surface area contributed by atoms with E-state index in [1.54, 1.807) is 12.0 Å². The Morgan fingerprint density at radius 2 is 1.93 bits per heavy atom. The molecule has 0 aliphatic rings. The second-order valence-electron chi connectivity index (χ2n) is 3.09. The van der Waals surface area contributed by atoms with Crippen molar-refractivity contribution in [3.8, 4) is 0 Å². The van der Waals surface area contributed by atoms with Crippen LogP contribution in [-0.4, -0.2) is 64.4 Å². The van der Waals surface area contributed by atoms with Crippen LogP contribution in [0.1, 0.15) is 0 Å². The highest BCUT2D eigenvalue weighted by molar-refractivity contribution is 4.59. The zero-order valence-electron chi connectivity index (χ0n) is 9.12. The molecule has 0 heterocycles. The molecular weight excluding hydrogens is 206 g/mol. The summed E-state index contributed by atoms with van der Waals surface area (Å²) in [7, 11) is 1.58. The number of hydrogen-bond acceptors (Lipinski definition) is 4. The molecule has 0 aliphatic heterocycles. The van der Waals surface area contributed by atoms with Crippen molar-refractivity contribution in [2.45, 2.75) is 6.43 Å². The number of halogens is 2. The summed E-state index contributed by atoms with van der Waals surface area (Å²) in [5, 5.41) is 0. The average Bonchev–Trinajstić information content (AvgIpc) is 2.17. The second kappa shape index (κ2) is 10.2. The van der Waals surface area contributed by atoms with E-state index >= 15 is 0 Å². The van der Waals surface area contributed by atoms with Gasteiger partial charge in [-0.15, -0.1) is 0 Å². The van der Waals surface area contributed by atoms with Gasteiger partial charge in [0.1, 0.15) is 0 Å². The van der Waals surface area contributed by atoms with E-state index in [0.29, 0.717) is 39.5 Å². The van der Waals surface area contributed by atoms with E-state index in [4.69, 9.17) is 15.2 Å². The summed E-state index contributed by atoms with van der Waals surface area (Å²) in [5.41, 5.74) is 5.31. The molecule has 0 bridgehead atoms. The fraction of sp³-hybridized carbons (Fsp3) is 1.00. The molecule has 0 unspecified atom stereocenters. The number of alkyl halides is 2. The highest BCUT2D eigenvalue weighted by atomic mass is 19.3. The van der Waals surface area contributed by atoms with E-state index in [0.717, 1.165) is 0 Å². The van der Waals surface area contributed by atoms with E-state index in [1.165, 1.54) is 0 Å². The summed E-state index contributed by atoms with van der Waals surface area (Å²) < 4.78 is 34.2. The molecule has 0 rings (SSSR count). The lowest BCUT2D eigenvalue weighted by Gasteiger charge is -2.20. The molecule has 15 heavy (non-hydrogen) atoms. The molecule has 0 radical (unpaired) electrons. The normalized spacial score (nSPS) is 11.6. The Kier molecular flexibility index (Phi) is 10.0. The minimum Gasteiger partial charge on any atom is -0.382 e. The Morgan fingerprint density at radius 3 is 2.47 bits per heavy atom. The minimum absolute atomic E-state index is 0.245. The Morgan fingerprint density at radius 1 is 1.20 bits per heavy atom. The van der Waals surface area contributed by atoms with Crippen molar-refractivity contribution < 1.29 is 18.3 Å². The summed E-state index contributed by atoms with van der Waals surface area (Å²) in [5.74, 6) is 0. The third kappa shape index (κ3) is 9.99. The molecule has 0 aromatic rings. The number of nitrogens with zero attached hydrogens (tertiary/aromatic N) is 1. The van der Waals surface area contributed by atoms with Gasteiger partial charge in [0.05, 0.1) is 26.4 Å². The highest BCUT2D eigenvalue weighted by Crippen LogP contribution is 1.97. The fourth-order valence-electron chi connectivity index (χ4n) is 1.11. The first-order valence-corrected chi connectivity index (χ1v) is 4.98. The molecule has 0 aromatic carbocycles. The summed E-state index contributed by atoms with van der Waals surface area (Å²) in [4.78, 5) is 1.59. The van der Waals surface area contributed by atoms with Gasteiger partial charge in [0.15, 0.2) is 0 Å². The maximum Gasteiger partial charge on any atom is 0.251 e. The molecule has 0 amide bonds. The summed E-state index contributed by atoms with van der Waals surface area (Å²) >= 11 is 0. The van der Waals surface area contributed by atoms with Gasteiger partial charge in [0, 0.05) is 26.7 Å². The molecular formula is C9H20F2N2O2. The topological polar surface area (TPSA) is 47.7 Å². The van der Waals surface area contributed by atoms with Crippen LogP contribution < -0.4 is 5.73 Å². The molecule has 4 nitrogen and oxygen atoms in total. The smallest absolute Gasteiger partial charge is 0.251 e. The van der Waals surface area contributed by atoms with E-state index in [1.807, 2.05) is 0 Å². The molecule has 0 spiro atoms. The Bertz CT molecular complexity index is 139. The van der Waals surface area contributed by atoms with Gasteiger partial charge in [-0.3, -0.25) is 4.90 Å². The van der Waals surface area contributed by atoms with Crippen molar-refractivity contribution in [1.82, 2.24) is 4.90 Å². The van der Waals surface area contributed by atoms with Crippen LogP contribution in [0, 0.1) is 0 Å². The number of methoxy groups -OCH3 is 1. The first kappa shape index (κ1) is 14.7. The van der Waals surface area contributed by atoms with Crippen LogP contribution in [0.4, 0.5) is 8.78 Å². The second-order valence-corrected chi connectivity index (χ2v) is 3.09. The molecule has 0 atom stereocenters. The van der Waals surface area contributed by atoms with Crippen LogP contribution in [-0.2, 0) is 9.47 Å². The van der Waals surface area contributed by atoms with Crippen molar-refractivity contribution in [2.24, 2.45) is 5.73 Å². The lowest BCUT2D eigenvalue weighted by Crippen LogP contribution is -2.36. The summed E-state index contributed by atoms with van der Waals surface area (Å²) in [6.45, 7) is 2.52. The van der Waals surface area contributed by atoms with Gasteiger partial charge in [-0.2, -0.15) is 0 Å². The van der Waals surface area contributed by atoms with Crippen LogP contribution in [0.3, 0.4) is 0 Å². The van der Waals surface area contributed by atoms with Crippen molar-refractivity contribution in [3.63, 3.8) is 0 Å². The van der Waals surface area contributed by atoms with Crippen LogP contribution >= 0.6 is 0 Å². The monoisotopic (exact) mass is 226 g/mol. The molecule has 92 valence electrons. The minimum atomic E-state index is -2.32. The summed E-state index contributed by atoms with van der Waals surface area (Å²) in [6, 6.07) is 0. The predicted molar refractivity (Wildman–Crippen MR) is 54.2 cm³/mol. The molecule has 0 fully saturated rings. The fourth-order valence-corrected chi connectivity index (χ4v) is 1.11. The van der Waals surface area contributed by atoms with E-state index in [9.17, 15) is 8.78 Å². The van der Waals surface area contributed by atoms with E-state index in [2.05, 4.69) is 0 Å². The highest BCUT2D eigenvalue weighted by Gasteiger charge is 2.10.